The quantitative estimate of drug-likeness (QED) is 0.807. The third-order valence-electron chi connectivity index (χ3n) is 4.15. The van der Waals surface area contributed by atoms with Crippen molar-refractivity contribution in [3.63, 3.8) is 0 Å². The predicted molar refractivity (Wildman–Crippen MR) is 85.8 cm³/mol. The molecule has 0 saturated carbocycles. The van der Waals surface area contributed by atoms with Gasteiger partial charge in [0.25, 0.3) is 5.91 Å². The van der Waals surface area contributed by atoms with Crippen molar-refractivity contribution in [2.45, 2.75) is 38.2 Å². The summed E-state index contributed by atoms with van der Waals surface area (Å²) in [4.78, 5) is 25.2. The van der Waals surface area contributed by atoms with Gasteiger partial charge in [0.2, 0.25) is 0 Å². The fraction of sp³-hybridized carbons (Fsp3) is 0.529. The summed E-state index contributed by atoms with van der Waals surface area (Å²) in [5.74, 6) is -0.656. The molecule has 0 spiro atoms. The van der Waals surface area contributed by atoms with Gasteiger partial charge < -0.3 is 24.2 Å². The first-order valence-electron chi connectivity index (χ1n) is 7.76. The van der Waals surface area contributed by atoms with E-state index in [1.807, 2.05) is 24.3 Å². The fourth-order valence-corrected chi connectivity index (χ4v) is 2.73. The minimum Gasteiger partial charge on any atom is -0.497 e. The highest BCUT2D eigenvalue weighted by molar-refractivity contribution is 5.86. The topological polar surface area (TPSA) is 85.3 Å². The van der Waals surface area contributed by atoms with Crippen molar-refractivity contribution in [3.05, 3.63) is 29.8 Å². The summed E-state index contributed by atoms with van der Waals surface area (Å²) in [7, 11) is 3.10. The van der Waals surface area contributed by atoms with Crippen LogP contribution >= 0.6 is 0 Å². The first-order valence-corrected chi connectivity index (χ1v) is 7.76. The highest BCUT2D eigenvalue weighted by Crippen LogP contribution is 2.22. The predicted octanol–water partition coefficient (Wildman–Crippen LogP) is 1.30. The molecule has 132 valence electrons. The lowest BCUT2D eigenvalue weighted by Crippen LogP contribution is -2.45. The number of carbonyl (C=O) groups excluding carboxylic acids is 1. The number of hydrogen-bond donors (Lipinski definition) is 1. The van der Waals surface area contributed by atoms with Crippen molar-refractivity contribution in [1.29, 1.82) is 0 Å². The highest BCUT2D eigenvalue weighted by Gasteiger charge is 2.41. The van der Waals surface area contributed by atoms with Crippen molar-refractivity contribution < 1.29 is 28.9 Å². The second-order valence-electron chi connectivity index (χ2n) is 5.74. The molecule has 1 heterocycles. The average molecular weight is 337 g/mol. The van der Waals surface area contributed by atoms with Crippen LogP contribution in [0.2, 0.25) is 0 Å². The minimum atomic E-state index is -1.03. The van der Waals surface area contributed by atoms with Crippen LogP contribution in [0.4, 0.5) is 0 Å². The summed E-state index contributed by atoms with van der Waals surface area (Å²) in [5.41, 5.74) is 0.875. The number of benzene rings is 1. The highest BCUT2D eigenvalue weighted by atomic mass is 16.5. The number of amides is 1. The molecule has 24 heavy (non-hydrogen) atoms. The Labute approximate surface area is 141 Å². The molecule has 0 bridgehead atoms. The lowest BCUT2D eigenvalue weighted by Gasteiger charge is -2.24. The number of hydrogen-bond acceptors (Lipinski definition) is 5. The molecule has 3 atom stereocenters. The molecular weight excluding hydrogens is 314 g/mol. The lowest BCUT2D eigenvalue weighted by molar-refractivity contribution is -0.153. The molecule has 7 heteroatoms. The minimum absolute atomic E-state index is 0.239. The monoisotopic (exact) mass is 337 g/mol. The second-order valence-corrected chi connectivity index (χ2v) is 5.74. The standard InChI is InChI=1S/C17H23NO6/c1-11(24-10-12-5-4-6-13(7-12)22-2)16(19)18-9-14(23-3)8-15(18)17(20)21/h4-7,11,14-15H,8-10H2,1-3H3,(H,20,21). The van der Waals surface area contributed by atoms with Gasteiger partial charge in [-0.3, -0.25) is 4.79 Å². The molecule has 1 amide bonds. The van der Waals surface area contributed by atoms with Crippen LogP contribution in [-0.4, -0.2) is 60.9 Å². The number of nitrogens with zero attached hydrogens (tertiary/aromatic N) is 1. The van der Waals surface area contributed by atoms with Gasteiger partial charge in [-0.05, 0) is 24.6 Å². The molecule has 1 saturated heterocycles. The van der Waals surface area contributed by atoms with Gasteiger partial charge in [-0.25, -0.2) is 4.79 Å². The smallest absolute Gasteiger partial charge is 0.326 e. The van der Waals surface area contributed by atoms with Gasteiger partial charge in [0.05, 0.1) is 19.8 Å². The van der Waals surface area contributed by atoms with Crippen molar-refractivity contribution in [1.82, 2.24) is 4.90 Å². The van der Waals surface area contributed by atoms with Crippen LogP contribution in [0.1, 0.15) is 18.9 Å². The van der Waals surface area contributed by atoms with E-state index in [0.29, 0.717) is 12.2 Å². The Balaban J connectivity index is 1.96. The van der Waals surface area contributed by atoms with E-state index in [4.69, 9.17) is 14.2 Å². The average Bonchev–Trinajstić information content (AvgIpc) is 3.03. The molecule has 1 aliphatic heterocycles. The Morgan fingerprint density at radius 3 is 2.75 bits per heavy atom. The van der Waals surface area contributed by atoms with Crippen LogP contribution in [0.25, 0.3) is 0 Å². The molecule has 0 radical (unpaired) electrons. The number of carboxylic acids is 1. The summed E-state index contributed by atoms with van der Waals surface area (Å²) in [6.45, 7) is 2.13. The molecule has 3 unspecified atom stereocenters. The van der Waals surface area contributed by atoms with Crippen molar-refractivity contribution in [2.24, 2.45) is 0 Å². The van der Waals surface area contributed by atoms with Crippen LogP contribution in [-0.2, 0) is 25.7 Å². The Morgan fingerprint density at radius 2 is 2.12 bits per heavy atom. The zero-order valence-electron chi connectivity index (χ0n) is 14.1. The maximum atomic E-state index is 12.5. The van der Waals surface area contributed by atoms with E-state index < -0.39 is 18.1 Å². The second kappa shape index (κ2) is 8.12. The third kappa shape index (κ3) is 4.24. The van der Waals surface area contributed by atoms with Crippen molar-refractivity contribution in [2.75, 3.05) is 20.8 Å². The number of methoxy groups -OCH3 is 2. The summed E-state index contributed by atoms with van der Waals surface area (Å²) in [6, 6.07) is 6.49. The summed E-state index contributed by atoms with van der Waals surface area (Å²) in [5, 5.41) is 9.29. The maximum Gasteiger partial charge on any atom is 0.326 e. The summed E-state index contributed by atoms with van der Waals surface area (Å²) in [6.07, 6.45) is -0.713. The molecule has 1 N–H and O–H groups in total. The van der Waals surface area contributed by atoms with Gasteiger partial charge in [-0.1, -0.05) is 12.1 Å². The molecule has 1 aliphatic rings. The van der Waals surface area contributed by atoms with Gasteiger partial charge >= 0.3 is 5.97 Å². The Bertz CT molecular complexity index is 590. The summed E-state index contributed by atoms with van der Waals surface area (Å²) >= 11 is 0. The van der Waals surface area contributed by atoms with E-state index in [-0.39, 0.29) is 25.2 Å². The number of rotatable bonds is 7. The number of carbonyl (C=O) groups is 2. The normalized spacial score (nSPS) is 21.5. The van der Waals surface area contributed by atoms with E-state index in [1.165, 1.54) is 12.0 Å². The Morgan fingerprint density at radius 1 is 1.38 bits per heavy atom. The maximum absolute atomic E-state index is 12.5. The van der Waals surface area contributed by atoms with E-state index in [2.05, 4.69) is 0 Å². The van der Waals surface area contributed by atoms with Crippen LogP contribution in [0.3, 0.4) is 0 Å². The molecule has 0 aliphatic carbocycles. The van der Waals surface area contributed by atoms with Crippen LogP contribution in [0.15, 0.2) is 24.3 Å². The molecule has 1 aromatic carbocycles. The fourth-order valence-electron chi connectivity index (χ4n) is 2.73. The van der Waals surface area contributed by atoms with Gasteiger partial charge in [-0.2, -0.15) is 0 Å². The first kappa shape index (κ1) is 18.2. The van der Waals surface area contributed by atoms with Gasteiger partial charge in [-0.15, -0.1) is 0 Å². The molecular formula is C17H23NO6. The van der Waals surface area contributed by atoms with Crippen LogP contribution in [0.5, 0.6) is 5.75 Å². The van der Waals surface area contributed by atoms with Crippen LogP contribution in [0, 0.1) is 0 Å². The van der Waals surface area contributed by atoms with E-state index >= 15 is 0 Å². The largest absolute Gasteiger partial charge is 0.497 e. The van der Waals surface area contributed by atoms with E-state index in [0.717, 1.165) is 5.56 Å². The SMILES string of the molecule is COc1cccc(COC(C)C(=O)N2CC(OC)CC2C(=O)O)c1. The summed E-state index contributed by atoms with van der Waals surface area (Å²) < 4.78 is 16.0. The van der Waals surface area contributed by atoms with Gasteiger partial charge in [0.1, 0.15) is 17.9 Å². The Kier molecular flexibility index (Phi) is 6.16. The van der Waals surface area contributed by atoms with Crippen LogP contribution < -0.4 is 4.74 Å². The number of carboxylic acid groups (broad SMARTS) is 1. The Hall–Kier alpha value is -2.12. The molecule has 1 aromatic rings. The third-order valence-corrected chi connectivity index (χ3v) is 4.15. The lowest BCUT2D eigenvalue weighted by atomic mass is 10.2. The number of likely N-dealkylation sites (tertiary alicyclic amines) is 1. The molecule has 2 rings (SSSR count). The van der Waals surface area contributed by atoms with E-state index in [1.54, 1.807) is 14.0 Å². The molecule has 0 aromatic heterocycles. The van der Waals surface area contributed by atoms with Gasteiger partial charge in [0.15, 0.2) is 0 Å². The molecule has 7 nitrogen and oxygen atoms in total. The number of ether oxygens (including phenoxy) is 3. The van der Waals surface area contributed by atoms with Crippen molar-refractivity contribution in [3.8, 4) is 5.75 Å². The molecule has 1 fully saturated rings. The zero-order chi connectivity index (χ0) is 17.7. The van der Waals surface area contributed by atoms with Crippen molar-refractivity contribution >= 4 is 11.9 Å². The first-order chi connectivity index (χ1) is 11.5. The van der Waals surface area contributed by atoms with Gasteiger partial charge in [0, 0.05) is 20.1 Å². The number of aliphatic carboxylic acids is 1. The van der Waals surface area contributed by atoms with E-state index in [9.17, 15) is 14.7 Å². The zero-order valence-corrected chi connectivity index (χ0v) is 14.1.